The molecule has 10 heteroatoms. The summed E-state index contributed by atoms with van der Waals surface area (Å²) in [7, 11) is 0. The summed E-state index contributed by atoms with van der Waals surface area (Å²) < 4.78 is 47.8. The lowest BCUT2D eigenvalue weighted by Crippen LogP contribution is -2.53. The van der Waals surface area contributed by atoms with E-state index in [2.05, 4.69) is 23.8 Å². The van der Waals surface area contributed by atoms with E-state index in [-0.39, 0.29) is 19.6 Å². The van der Waals surface area contributed by atoms with Crippen LogP contribution < -0.4 is 10.6 Å². The van der Waals surface area contributed by atoms with Gasteiger partial charge in [-0.2, -0.15) is 13.2 Å². The molecule has 31 heavy (non-hydrogen) atoms. The van der Waals surface area contributed by atoms with Crippen molar-refractivity contribution in [2.45, 2.75) is 31.1 Å². The van der Waals surface area contributed by atoms with Gasteiger partial charge in [0.2, 0.25) is 5.91 Å². The Labute approximate surface area is 178 Å². The standard InChI is InChI=1S/C21H25F3N2O5/c1-3-10-30-18(27)13-17(20(29)31-11-4-2)26-19(28)16(25-14-21(22,23)24)12-15-8-6-5-7-9-15/h3-9,16-17,25H,1-2,10-14H2,(H,26,28)/t16-,17-/m0/s1. The molecule has 0 heterocycles. The van der Waals surface area contributed by atoms with Crippen LogP contribution in [0.2, 0.25) is 0 Å². The number of halogens is 3. The fourth-order valence-corrected chi connectivity index (χ4v) is 2.43. The predicted molar refractivity (Wildman–Crippen MR) is 107 cm³/mol. The Morgan fingerprint density at radius 2 is 1.61 bits per heavy atom. The zero-order valence-electron chi connectivity index (χ0n) is 16.8. The van der Waals surface area contributed by atoms with E-state index in [0.717, 1.165) is 0 Å². The van der Waals surface area contributed by atoms with Crippen LogP contribution in [-0.2, 0) is 30.3 Å². The smallest absolute Gasteiger partial charge is 0.401 e. The first-order valence-electron chi connectivity index (χ1n) is 9.34. The van der Waals surface area contributed by atoms with Gasteiger partial charge >= 0.3 is 18.1 Å². The van der Waals surface area contributed by atoms with Crippen molar-refractivity contribution in [2.24, 2.45) is 0 Å². The van der Waals surface area contributed by atoms with Gasteiger partial charge in [-0.15, -0.1) is 0 Å². The molecule has 0 fully saturated rings. The summed E-state index contributed by atoms with van der Waals surface area (Å²) in [5.74, 6) is -2.66. The normalized spacial score (nSPS) is 12.9. The number of nitrogens with one attached hydrogen (secondary N) is 2. The topological polar surface area (TPSA) is 93.7 Å². The molecule has 0 spiro atoms. The van der Waals surface area contributed by atoms with Gasteiger partial charge in [0.1, 0.15) is 19.3 Å². The van der Waals surface area contributed by atoms with Crippen LogP contribution in [-0.4, -0.2) is 55.9 Å². The molecule has 1 aromatic carbocycles. The fourth-order valence-electron chi connectivity index (χ4n) is 2.43. The van der Waals surface area contributed by atoms with Gasteiger partial charge in [0.15, 0.2) is 0 Å². The van der Waals surface area contributed by atoms with Crippen LogP contribution in [0.25, 0.3) is 0 Å². The Bertz CT molecular complexity index is 753. The van der Waals surface area contributed by atoms with Crippen molar-refractivity contribution in [3.05, 3.63) is 61.2 Å². The molecule has 0 saturated carbocycles. The summed E-state index contributed by atoms with van der Waals surface area (Å²) in [5, 5.41) is 4.43. The Balaban J connectivity index is 2.96. The van der Waals surface area contributed by atoms with Crippen LogP contribution in [0.15, 0.2) is 55.6 Å². The first-order valence-corrected chi connectivity index (χ1v) is 9.34. The van der Waals surface area contributed by atoms with E-state index in [1.165, 1.54) is 12.2 Å². The van der Waals surface area contributed by atoms with Crippen molar-refractivity contribution in [1.82, 2.24) is 10.6 Å². The molecule has 170 valence electrons. The molecule has 1 aromatic rings. The summed E-state index contributed by atoms with van der Waals surface area (Å²) in [6.07, 6.45) is -2.58. The maximum absolute atomic E-state index is 12.7. The minimum Gasteiger partial charge on any atom is -0.461 e. The minimum atomic E-state index is -4.55. The van der Waals surface area contributed by atoms with Gasteiger partial charge in [-0.05, 0) is 12.0 Å². The molecule has 0 aromatic heterocycles. The highest BCUT2D eigenvalue weighted by molar-refractivity contribution is 5.90. The molecular formula is C21H25F3N2O5. The van der Waals surface area contributed by atoms with Crippen molar-refractivity contribution in [1.29, 1.82) is 0 Å². The monoisotopic (exact) mass is 442 g/mol. The number of rotatable bonds is 13. The predicted octanol–water partition coefficient (Wildman–Crippen LogP) is 2.08. The summed E-state index contributed by atoms with van der Waals surface area (Å²) in [6, 6.07) is 5.62. The highest BCUT2D eigenvalue weighted by atomic mass is 19.4. The second-order valence-electron chi connectivity index (χ2n) is 6.39. The maximum atomic E-state index is 12.7. The number of benzene rings is 1. The maximum Gasteiger partial charge on any atom is 0.401 e. The van der Waals surface area contributed by atoms with Crippen LogP contribution in [0.5, 0.6) is 0 Å². The summed E-state index contributed by atoms with van der Waals surface area (Å²) in [5.41, 5.74) is 0.605. The average molecular weight is 442 g/mol. The van der Waals surface area contributed by atoms with E-state index in [0.29, 0.717) is 5.56 Å². The highest BCUT2D eigenvalue weighted by Crippen LogP contribution is 2.14. The molecular weight excluding hydrogens is 417 g/mol. The molecule has 2 atom stereocenters. The molecule has 0 radical (unpaired) electrons. The number of alkyl halides is 3. The Kier molecular flexibility index (Phi) is 11.0. The van der Waals surface area contributed by atoms with Gasteiger partial charge in [-0.1, -0.05) is 55.6 Å². The van der Waals surface area contributed by atoms with Crippen molar-refractivity contribution in [2.75, 3.05) is 19.8 Å². The summed E-state index contributed by atoms with van der Waals surface area (Å²) >= 11 is 0. The van der Waals surface area contributed by atoms with Crippen molar-refractivity contribution in [3.63, 3.8) is 0 Å². The van der Waals surface area contributed by atoms with E-state index in [4.69, 9.17) is 9.47 Å². The third-order valence-corrected chi connectivity index (χ3v) is 3.83. The molecule has 0 unspecified atom stereocenters. The number of hydrogen-bond donors (Lipinski definition) is 2. The van der Waals surface area contributed by atoms with E-state index >= 15 is 0 Å². The molecule has 0 aliphatic rings. The van der Waals surface area contributed by atoms with Crippen LogP contribution in [0, 0.1) is 0 Å². The number of esters is 2. The van der Waals surface area contributed by atoms with Crippen LogP contribution in [0.1, 0.15) is 12.0 Å². The molecule has 1 rings (SSSR count). The Morgan fingerprint density at radius 1 is 1.00 bits per heavy atom. The molecule has 0 aliphatic carbocycles. The summed E-state index contributed by atoms with van der Waals surface area (Å²) in [4.78, 5) is 36.8. The van der Waals surface area contributed by atoms with Gasteiger partial charge in [-0.3, -0.25) is 14.9 Å². The zero-order chi connectivity index (χ0) is 23.3. The summed E-state index contributed by atoms with van der Waals surface area (Å²) in [6.45, 7) is 5.09. The molecule has 0 aliphatic heterocycles. The number of amides is 1. The molecule has 0 bridgehead atoms. The molecule has 7 nitrogen and oxygen atoms in total. The highest BCUT2D eigenvalue weighted by Gasteiger charge is 2.33. The van der Waals surface area contributed by atoms with Crippen molar-refractivity contribution < 1.29 is 37.0 Å². The van der Waals surface area contributed by atoms with Gasteiger partial charge < -0.3 is 14.8 Å². The molecule has 2 N–H and O–H groups in total. The lowest BCUT2D eigenvalue weighted by atomic mass is 10.0. The van der Waals surface area contributed by atoms with E-state index < -0.39 is 49.1 Å². The van der Waals surface area contributed by atoms with Gasteiger partial charge in [-0.25, -0.2) is 4.79 Å². The third-order valence-electron chi connectivity index (χ3n) is 3.83. The van der Waals surface area contributed by atoms with Crippen LogP contribution in [0.3, 0.4) is 0 Å². The minimum absolute atomic E-state index is 0.0713. The molecule has 0 saturated heterocycles. The van der Waals surface area contributed by atoms with Crippen molar-refractivity contribution >= 4 is 17.8 Å². The van der Waals surface area contributed by atoms with E-state index in [1.807, 2.05) is 0 Å². The van der Waals surface area contributed by atoms with E-state index in [9.17, 15) is 27.6 Å². The second-order valence-corrected chi connectivity index (χ2v) is 6.39. The third kappa shape index (κ3) is 11.0. The first kappa shape index (κ1) is 25.9. The van der Waals surface area contributed by atoms with Gasteiger partial charge in [0.05, 0.1) is 19.0 Å². The largest absolute Gasteiger partial charge is 0.461 e. The number of carbonyl (C=O) groups excluding carboxylic acids is 3. The fraction of sp³-hybridized carbons (Fsp3) is 0.381. The van der Waals surface area contributed by atoms with Gasteiger partial charge in [0.25, 0.3) is 0 Å². The SMILES string of the molecule is C=CCOC(=O)C[C@H](NC(=O)[C@H](Cc1ccccc1)NCC(F)(F)F)C(=O)OCC=C. The van der Waals surface area contributed by atoms with Crippen LogP contribution in [0.4, 0.5) is 13.2 Å². The van der Waals surface area contributed by atoms with Gasteiger partial charge in [0, 0.05) is 0 Å². The quantitative estimate of drug-likeness (QED) is 0.359. The average Bonchev–Trinajstić information content (AvgIpc) is 2.72. The number of hydrogen-bond acceptors (Lipinski definition) is 6. The Hall–Kier alpha value is -3.14. The van der Waals surface area contributed by atoms with Crippen molar-refractivity contribution in [3.8, 4) is 0 Å². The number of ether oxygens (including phenoxy) is 2. The Morgan fingerprint density at radius 3 is 2.19 bits per heavy atom. The van der Waals surface area contributed by atoms with Crippen LogP contribution >= 0.6 is 0 Å². The number of carbonyl (C=O) groups is 3. The molecule has 1 amide bonds. The second kappa shape index (κ2) is 13.2. The zero-order valence-corrected chi connectivity index (χ0v) is 16.8. The van der Waals surface area contributed by atoms with E-state index in [1.54, 1.807) is 30.3 Å². The first-order chi connectivity index (χ1) is 14.7. The lowest BCUT2D eigenvalue weighted by molar-refractivity contribution is -0.152. The lowest BCUT2D eigenvalue weighted by Gasteiger charge is -2.23.